The fraction of sp³-hybridized carbons (Fsp3) is 0.308. The van der Waals surface area contributed by atoms with Gasteiger partial charge in [-0.2, -0.15) is 0 Å². The molecule has 0 spiro atoms. The van der Waals surface area contributed by atoms with Crippen LogP contribution < -0.4 is 5.73 Å². The third-order valence-electron chi connectivity index (χ3n) is 3.00. The van der Waals surface area contributed by atoms with Crippen LogP contribution in [0.15, 0.2) is 28.7 Å². The van der Waals surface area contributed by atoms with E-state index in [1.54, 1.807) is 0 Å². The van der Waals surface area contributed by atoms with Gasteiger partial charge in [-0.1, -0.05) is 0 Å². The quantitative estimate of drug-likeness (QED) is 0.742. The molecule has 2 N–H and O–H groups in total. The minimum Gasteiger partial charge on any atom is -0.441 e. The minimum atomic E-state index is 0.729. The van der Waals surface area contributed by atoms with Crippen molar-refractivity contribution in [2.75, 3.05) is 5.73 Å². The molecule has 0 fully saturated rings. The average Bonchev–Trinajstić information content (AvgIpc) is 2.73. The number of aromatic nitrogens is 1. The first-order chi connectivity index (χ1) is 7.83. The van der Waals surface area contributed by atoms with E-state index in [4.69, 9.17) is 10.2 Å². The van der Waals surface area contributed by atoms with Crippen molar-refractivity contribution >= 4 is 5.69 Å². The van der Waals surface area contributed by atoms with Gasteiger partial charge in [-0.05, 0) is 43.5 Å². The van der Waals surface area contributed by atoms with Gasteiger partial charge in [-0.3, -0.25) is 0 Å². The second-order valence-electron chi connectivity index (χ2n) is 4.22. The molecule has 3 rings (SSSR count). The predicted molar refractivity (Wildman–Crippen MR) is 63.0 cm³/mol. The van der Waals surface area contributed by atoms with Gasteiger partial charge in [0.25, 0.3) is 0 Å². The fourth-order valence-corrected chi connectivity index (χ4v) is 2.10. The molecule has 0 radical (unpaired) electrons. The van der Waals surface area contributed by atoms with E-state index in [-0.39, 0.29) is 0 Å². The number of fused-ring (bicyclic) bond motifs is 1. The van der Waals surface area contributed by atoms with E-state index in [2.05, 4.69) is 4.98 Å². The third-order valence-corrected chi connectivity index (χ3v) is 3.00. The molecule has 16 heavy (non-hydrogen) atoms. The molecule has 0 saturated carbocycles. The molecule has 0 amide bonds. The van der Waals surface area contributed by atoms with Crippen molar-refractivity contribution in [3.63, 3.8) is 0 Å². The maximum atomic E-state index is 5.78. The van der Waals surface area contributed by atoms with Crippen LogP contribution in [0.5, 0.6) is 0 Å². The minimum absolute atomic E-state index is 0.729. The molecule has 0 bridgehead atoms. The van der Waals surface area contributed by atoms with Gasteiger partial charge < -0.3 is 10.2 Å². The number of benzene rings is 1. The Morgan fingerprint density at radius 3 is 2.56 bits per heavy atom. The van der Waals surface area contributed by atoms with Crippen LogP contribution >= 0.6 is 0 Å². The van der Waals surface area contributed by atoms with E-state index >= 15 is 0 Å². The van der Waals surface area contributed by atoms with E-state index in [0.29, 0.717) is 0 Å². The first kappa shape index (κ1) is 9.46. The molecule has 1 heterocycles. The summed E-state index contributed by atoms with van der Waals surface area (Å²) in [5.74, 6) is 1.80. The number of nitrogens with two attached hydrogens (primary N) is 1. The van der Waals surface area contributed by atoms with E-state index < -0.39 is 0 Å². The average molecular weight is 214 g/mol. The molecular formula is C13H14N2O. The first-order valence-electron chi connectivity index (χ1n) is 5.67. The zero-order valence-electron chi connectivity index (χ0n) is 9.07. The van der Waals surface area contributed by atoms with Crippen LogP contribution in [-0.2, 0) is 12.8 Å². The molecule has 1 aliphatic rings. The van der Waals surface area contributed by atoms with Crippen molar-refractivity contribution in [3.8, 4) is 11.5 Å². The molecule has 0 aliphatic heterocycles. The third kappa shape index (κ3) is 1.58. The lowest BCUT2D eigenvalue weighted by Gasteiger charge is -2.05. The molecule has 0 unspecified atom stereocenters. The van der Waals surface area contributed by atoms with Crippen molar-refractivity contribution in [3.05, 3.63) is 35.7 Å². The monoisotopic (exact) mass is 214 g/mol. The second kappa shape index (κ2) is 3.67. The number of hydrogen-bond acceptors (Lipinski definition) is 3. The highest BCUT2D eigenvalue weighted by molar-refractivity contribution is 5.57. The van der Waals surface area contributed by atoms with Crippen molar-refractivity contribution in [2.45, 2.75) is 25.7 Å². The number of hydrogen-bond donors (Lipinski definition) is 1. The van der Waals surface area contributed by atoms with Crippen LogP contribution in [0.2, 0.25) is 0 Å². The van der Waals surface area contributed by atoms with E-state index in [1.165, 1.54) is 12.8 Å². The van der Waals surface area contributed by atoms with Crippen molar-refractivity contribution in [2.24, 2.45) is 0 Å². The zero-order chi connectivity index (χ0) is 11.0. The van der Waals surface area contributed by atoms with E-state index in [1.807, 2.05) is 24.3 Å². The smallest absolute Gasteiger partial charge is 0.226 e. The normalized spacial score (nSPS) is 14.8. The lowest BCUT2D eigenvalue weighted by molar-refractivity contribution is 0.487. The molecule has 1 aromatic carbocycles. The molecule has 82 valence electrons. The molecule has 3 heteroatoms. The Bertz CT molecular complexity index is 476. The summed E-state index contributed by atoms with van der Waals surface area (Å²) in [4.78, 5) is 4.54. The topological polar surface area (TPSA) is 52.0 Å². The lowest BCUT2D eigenvalue weighted by Crippen LogP contribution is -1.99. The van der Waals surface area contributed by atoms with Gasteiger partial charge in [0.2, 0.25) is 5.89 Å². The fourth-order valence-electron chi connectivity index (χ4n) is 2.10. The summed E-state index contributed by atoms with van der Waals surface area (Å²) in [6.45, 7) is 0. The van der Waals surface area contributed by atoms with Gasteiger partial charge >= 0.3 is 0 Å². The van der Waals surface area contributed by atoms with Crippen LogP contribution in [-0.4, -0.2) is 4.98 Å². The Hall–Kier alpha value is -1.77. The van der Waals surface area contributed by atoms with Gasteiger partial charge in [0.15, 0.2) is 0 Å². The van der Waals surface area contributed by atoms with Gasteiger partial charge in [-0.15, -0.1) is 0 Å². The summed E-state index contributed by atoms with van der Waals surface area (Å²) in [7, 11) is 0. The number of nitrogens with zero attached hydrogens (tertiary/aromatic N) is 1. The standard InChI is InChI=1S/C13H14N2O/c14-10-7-5-9(6-8-10)13-15-11-3-1-2-4-12(11)16-13/h5-8H,1-4,14H2. The number of anilines is 1. The molecule has 2 aromatic rings. The number of aryl methyl sites for hydroxylation is 2. The van der Waals surface area contributed by atoms with Gasteiger partial charge in [-0.25, -0.2) is 4.98 Å². The highest BCUT2D eigenvalue weighted by atomic mass is 16.4. The number of nitrogen functional groups attached to an aromatic ring is 1. The Balaban J connectivity index is 2.00. The largest absolute Gasteiger partial charge is 0.441 e. The van der Waals surface area contributed by atoms with Gasteiger partial charge in [0.05, 0.1) is 5.69 Å². The SMILES string of the molecule is Nc1ccc(-c2nc3c(o2)CCCC3)cc1. The summed E-state index contributed by atoms with van der Waals surface area (Å²) in [5, 5.41) is 0. The predicted octanol–water partition coefficient (Wildman–Crippen LogP) is 2.80. The number of oxazole rings is 1. The summed E-state index contributed by atoms with van der Waals surface area (Å²) in [5.41, 5.74) is 8.56. The molecule has 0 atom stereocenters. The molecule has 3 nitrogen and oxygen atoms in total. The summed E-state index contributed by atoms with van der Waals surface area (Å²) < 4.78 is 5.78. The van der Waals surface area contributed by atoms with Crippen LogP contribution in [0.4, 0.5) is 5.69 Å². The van der Waals surface area contributed by atoms with Gasteiger partial charge in [0, 0.05) is 17.7 Å². The highest BCUT2D eigenvalue weighted by Gasteiger charge is 2.17. The van der Waals surface area contributed by atoms with Crippen LogP contribution in [0.25, 0.3) is 11.5 Å². The summed E-state index contributed by atoms with van der Waals surface area (Å²) in [6, 6.07) is 7.65. The van der Waals surface area contributed by atoms with Crippen LogP contribution in [0, 0.1) is 0 Å². The molecule has 1 aromatic heterocycles. The highest BCUT2D eigenvalue weighted by Crippen LogP contribution is 2.27. The Labute approximate surface area is 94.3 Å². The van der Waals surface area contributed by atoms with Crippen LogP contribution in [0.1, 0.15) is 24.3 Å². The lowest BCUT2D eigenvalue weighted by atomic mass is 10.0. The second-order valence-corrected chi connectivity index (χ2v) is 4.22. The Morgan fingerprint density at radius 2 is 1.81 bits per heavy atom. The first-order valence-corrected chi connectivity index (χ1v) is 5.67. The number of rotatable bonds is 1. The Morgan fingerprint density at radius 1 is 1.06 bits per heavy atom. The molecule has 1 aliphatic carbocycles. The maximum absolute atomic E-state index is 5.78. The van der Waals surface area contributed by atoms with E-state index in [0.717, 1.165) is 41.4 Å². The zero-order valence-corrected chi connectivity index (χ0v) is 9.07. The molecular weight excluding hydrogens is 200 g/mol. The molecule has 0 saturated heterocycles. The van der Waals surface area contributed by atoms with E-state index in [9.17, 15) is 0 Å². The van der Waals surface area contributed by atoms with Gasteiger partial charge in [0.1, 0.15) is 5.76 Å². The van der Waals surface area contributed by atoms with Crippen molar-refractivity contribution in [1.29, 1.82) is 0 Å². The van der Waals surface area contributed by atoms with Crippen LogP contribution in [0.3, 0.4) is 0 Å². The Kier molecular flexibility index (Phi) is 2.17. The maximum Gasteiger partial charge on any atom is 0.226 e. The van der Waals surface area contributed by atoms with Crippen molar-refractivity contribution < 1.29 is 4.42 Å². The summed E-state index contributed by atoms with van der Waals surface area (Å²) >= 11 is 0. The summed E-state index contributed by atoms with van der Waals surface area (Å²) in [6.07, 6.45) is 4.51. The van der Waals surface area contributed by atoms with Crippen molar-refractivity contribution in [1.82, 2.24) is 4.98 Å².